The third-order valence-electron chi connectivity index (χ3n) is 6.52. The van der Waals surface area contributed by atoms with Gasteiger partial charge in [-0.1, -0.05) is 0 Å². The minimum atomic E-state index is -5.03. The second-order valence-electron chi connectivity index (χ2n) is 10.2. The number of ether oxygens (including phenoxy) is 1. The van der Waals surface area contributed by atoms with Crippen LogP contribution in [0.3, 0.4) is 0 Å². The molecule has 0 atom stereocenters. The minimum absolute atomic E-state index is 0.0212. The van der Waals surface area contributed by atoms with Crippen molar-refractivity contribution in [3.8, 4) is 11.6 Å². The lowest BCUT2D eigenvalue weighted by Crippen LogP contribution is -2.42. The largest absolute Gasteiger partial charge is 0.478 e. The van der Waals surface area contributed by atoms with Gasteiger partial charge in [0.1, 0.15) is 11.3 Å². The number of benzene rings is 1. The van der Waals surface area contributed by atoms with Crippen LogP contribution in [-0.2, 0) is 12.7 Å². The van der Waals surface area contributed by atoms with Gasteiger partial charge in [0, 0.05) is 48.0 Å². The summed E-state index contributed by atoms with van der Waals surface area (Å²) < 4.78 is 90.6. The second kappa shape index (κ2) is 12.5. The average molecular weight is 675 g/mol. The van der Waals surface area contributed by atoms with Gasteiger partial charge in [0.15, 0.2) is 11.6 Å². The molecule has 1 aliphatic heterocycles. The lowest BCUT2D eigenvalue weighted by atomic mass is 10.1. The quantitative estimate of drug-likeness (QED) is 0.253. The number of aromatic carboxylic acids is 1. The molecule has 1 N–H and O–H groups in total. The van der Waals surface area contributed by atoms with Crippen LogP contribution in [0.1, 0.15) is 58.7 Å². The Hall–Kier alpha value is -3.72. The highest BCUT2D eigenvalue weighted by molar-refractivity contribution is 9.10. The van der Waals surface area contributed by atoms with Crippen LogP contribution in [0, 0.1) is 5.82 Å². The van der Waals surface area contributed by atoms with Gasteiger partial charge in [-0.05, 0) is 66.5 Å². The van der Waals surface area contributed by atoms with Crippen LogP contribution in [0.4, 0.5) is 32.0 Å². The van der Waals surface area contributed by atoms with E-state index in [0.29, 0.717) is 22.7 Å². The zero-order chi connectivity index (χ0) is 31.7. The van der Waals surface area contributed by atoms with Crippen molar-refractivity contribution in [3.05, 3.63) is 75.4 Å². The first kappa shape index (κ1) is 32.2. The zero-order valence-electron chi connectivity index (χ0n) is 22.8. The molecular weight excluding hydrogens is 650 g/mol. The standard InChI is InChI=1S/C28H25BrF6N4O4/c1-15(2)39(25(40)21-5-4-17(29)12-36-21)22-10-20(30)23(9-18(22)26(41)42)43-24-19(28(33,34)35)8-16(11-37-24)13-38-7-3-6-27(31,32)14-38/h4-5,8-12,15H,3,6-7,13-14H2,1-2H3,(H,41,42). The lowest BCUT2D eigenvalue weighted by molar-refractivity contribution is -0.139. The lowest BCUT2D eigenvalue weighted by Gasteiger charge is -2.32. The Kier molecular flexibility index (Phi) is 9.35. The van der Waals surface area contributed by atoms with Crippen molar-refractivity contribution >= 4 is 33.5 Å². The van der Waals surface area contributed by atoms with Crippen molar-refractivity contribution in [1.29, 1.82) is 0 Å². The van der Waals surface area contributed by atoms with Crippen LogP contribution in [0.5, 0.6) is 11.6 Å². The molecule has 0 saturated carbocycles. The highest BCUT2D eigenvalue weighted by Crippen LogP contribution is 2.40. The fourth-order valence-electron chi connectivity index (χ4n) is 4.65. The molecule has 2 aromatic heterocycles. The highest BCUT2D eigenvalue weighted by Gasteiger charge is 2.38. The summed E-state index contributed by atoms with van der Waals surface area (Å²) in [6.45, 7) is 2.52. The second-order valence-corrected chi connectivity index (χ2v) is 11.1. The van der Waals surface area contributed by atoms with Crippen molar-refractivity contribution in [1.82, 2.24) is 14.9 Å². The summed E-state index contributed by atoms with van der Waals surface area (Å²) >= 11 is 3.19. The number of alkyl halides is 5. The maximum absolute atomic E-state index is 15.3. The Morgan fingerprint density at radius 1 is 1.16 bits per heavy atom. The normalized spacial score (nSPS) is 15.4. The van der Waals surface area contributed by atoms with Crippen LogP contribution in [0.25, 0.3) is 0 Å². The first-order valence-electron chi connectivity index (χ1n) is 12.9. The molecule has 3 heterocycles. The Morgan fingerprint density at radius 3 is 2.47 bits per heavy atom. The van der Waals surface area contributed by atoms with Crippen molar-refractivity contribution in [2.24, 2.45) is 0 Å². The molecule has 1 saturated heterocycles. The average Bonchev–Trinajstić information content (AvgIpc) is 2.89. The van der Waals surface area contributed by atoms with Crippen LogP contribution in [-0.4, -0.2) is 56.9 Å². The van der Waals surface area contributed by atoms with Gasteiger partial charge in [-0.2, -0.15) is 13.2 Å². The van der Waals surface area contributed by atoms with Crippen LogP contribution in [0.2, 0.25) is 0 Å². The molecule has 0 unspecified atom stereocenters. The minimum Gasteiger partial charge on any atom is -0.478 e. The summed E-state index contributed by atoms with van der Waals surface area (Å²) in [5, 5.41) is 9.89. The number of hydrogen-bond acceptors (Lipinski definition) is 6. The molecule has 1 amide bonds. The number of rotatable bonds is 8. The molecule has 1 fully saturated rings. The van der Waals surface area contributed by atoms with E-state index >= 15 is 4.39 Å². The Balaban J connectivity index is 1.69. The third kappa shape index (κ3) is 7.63. The predicted octanol–water partition coefficient (Wildman–Crippen LogP) is 7.17. The molecule has 0 aliphatic carbocycles. The number of piperidine rings is 1. The van der Waals surface area contributed by atoms with E-state index < -0.39 is 65.1 Å². The molecule has 1 aliphatic rings. The number of carbonyl (C=O) groups excluding carboxylic acids is 1. The van der Waals surface area contributed by atoms with Gasteiger partial charge in [0.25, 0.3) is 11.8 Å². The molecule has 43 heavy (non-hydrogen) atoms. The van der Waals surface area contributed by atoms with Crippen molar-refractivity contribution in [2.75, 3.05) is 18.0 Å². The number of pyridine rings is 2. The maximum Gasteiger partial charge on any atom is 0.421 e. The number of nitrogens with zero attached hydrogens (tertiary/aromatic N) is 4. The van der Waals surface area contributed by atoms with Gasteiger partial charge in [0.2, 0.25) is 5.88 Å². The molecular formula is C28H25BrF6N4O4. The van der Waals surface area contributed by atoms with Gasteiger partial charge in [-0.25, -0.2) is 27.9 Å². The van der Waals surface area contributed by atoms with E-state index in [4.69, 9.17) is 4.74 Å². The number of amides is 1. The predicted molar refractivity (Wildman–Crippen MR) is 146 cm³/mol. The van der Waals surface area contributed by atoms with Crippen LogP contribution < -0.4 is 9.64 Å². The number of aromatic nitrogens is 2. The van der Waals surface area contributed by atoms with Gasteiger partial charge in [-0.3, -0.25) is 9.69 Å². The van der Waals surface area contributed by atoms with E-state index in [1.54, 1.807) is 13.8 Å². The Labute approximate surface area is 250 Å². The SMILES string of the molecule is CC(C)N(C(=O)c1ccc(Br)cn1)c1cc(F)c(Oc2ncc(CN3CCCC(F)(F)C3)cc2C(F)(F)F)cc1C(=O)O. The van der Waals surface area contributed by atoms with E-state index in [1.165, 1.54) is 23.2 Å². The number of carbonyl (C=O) groups is 2. The van der Waals surface area contributed by atoms with Crippen LogP contribution >= 0.6 is 15.9 Å². The van der Waals surface area contributed by atoms with Gasteiger partial charge < -0.3 is 14.7 Å². The smallest absolute Gasteiger partial charge is 0.421 e. The van der Waals surface area contributed by atoms with Crippen molar-refractivity contribution in [3.63, 3.8) is 0 Å². The molecule has 4 rings (SSSR count). The molecule has 0 bridgehead atoms. The summed E-state index contributed by atoms with van der Waals surface area (Å²) in [6, 6.07) is 4.23. The fourth-order valence-corrected chi connectivity index (χ4v) is 4.88. The summed E-state index contributed by atoms with van der Waals surface area (Å²) in [4.78, 5) is 35.4. The number of hydrogen-bond donors (Lipinski definition) is 1. The molecule has 1 aromatic carbocycles. The van der Waals surface area contributed by atoms with E-state index in [9.17, 15) is 36.6 Å². The van der Waals surface area contributed by atoms with E-state index in [2.05, 4.69) is 25.9 Å². The first-order chi connectivity index (χ1) is 20.1. The Bertz CT molecular complexity index is 1520. The van der Waals surface area contributed by atoms with Crippen molar-refractivity contribution < 1.29 is 45.8 Å². The topological polar surface area (TPSA) is 95.9 Å². The van der Waals surface area contributed by atoms with Gasteiger partial charge >= 0.3 is 12.1 Å². The molecule has 0 radical (unpaired) electrons. The summed E-state index contributed by atoms with van der Waals surface area (Å²) in [7, 11) is 0. The maximum atomic E-state index is 15.3. The van der Waals surface area contributed by atoms with E-state index in [1.807, 2.05) is 0 Å². The fraction of sp³-hybridized carbons (Fsp3) is 0.357. The van der Waals surface area contributed by atoms with Gasteiger partial charge in [-0.15, -0.1) is 0 Å². The van der Waals surface area contributed by atoms with Gasteiger partial charge in [0.05, 0.1) is 17.8 Å². The molecule has 230 valence electrons. The monoisotopic (exact) mass is 674 g/mol. The molecule has 8 nitrogen and oxygen atoms in total. The number of halogens is 7. The number of anilines is 1. The first-order valence-corrected chi connectivity index (χ1v) is 13.7. The van der Waals surface area contributed by atoms with E-state index in [0.717, 1.165) is 11.1 Å². The number of likely N-dealkylation sites (tertiary alicyclic amines) is 1. The zero-order valence-corrected chi connectivity index (χ0v) is 24.3. The Morgan fingerprint density at radius 2 is 1.88 bits per heavy atom. The molecule has 0 spiro atoms. The van der Waals surface area contributed by atoms with E-state index in [-0.39, 0.29) is 42.9 Å². The summed E-state index contributed by atoms with van der Waals surface area (Å²) in [5.41, 5.74) is -2.51. The third-order valence-corrected chi connectivity index (χ3v) is 6.99. The number of carboxylic acids is 1. The molecule has 15 heteroatoms. The number of carboxylic acid groups (broad SMARTS) is 1. The van der Waals surface area contributed by atoms with Crippen LogP contribution in [0.15, 0.2) is 47.2 Å². The van der Waals surface area contributed by atoms with Crippen molar-refractivity contribution in [2.45, 2.75) is 51.4 Å². The highest BCUT2D eigenvalue weighted by atomic mass is 79.9. The summed E-state index contributed by atoms with van der Waals surface area (Å²) in [5.74, 6) is -8.55. The molecule has 3 aromatic rings. The summed E-state index contributed by atoms with van der Waals surface area (Å²) in [6.07, 6.45) is -2.83.